The van der Waals surface area contributed by atoms with Crippen LogP contribution in [0.15, 0.2) is 54.6 Å². The van der Waals surface area contributed by atoms with Gasteiger partial charge in [-0.15, -0.1) is 0 Å². The van der Waals surface area contributed by atoms with Crippen molar-refractivity contribution in [2.75, 3.05) is 21.2 Å². The van der Waals surface area contributed by atoms with E-state index in [2.05, 4.69) is 6.58 Å². The zero-order chi connectivity index (χ0) is 36.8. The molecule has 0 spiro atoms. The lowest BCUT2D eigenvalue weighted by Crippen LogP contribution is -2.60. The molecule has 2 aliphatic heterocycles. The van der Waals surface area contributed by atoms with Gasteiger partial charge in [0.05, 0.1) is 29.4 Å². The topological polar surface area (TPSA) is 138 Å². The number of benzene rings is 1. The van der Waals surface area contributed by atoms with Crippen molar-refractivity contribution >= 4 is 23.5 Å². The van der Waals surface area contributed by atoms with E-state index in [0.29, 0.717) is 12.0 Å². The minimum Gasteiger partial charge on any atom is -0.458 e. The van der Waals surface area contributed by atoms with Crippen LogP contribution in [0.2, 0.25) is 0 Å². The Balaban J connectivity index is 2.14. The number of hydrogen-bond donors (Lipinski definition) is 1. The van der Waals surface area contributed by atoms with E-state index in [1.807, 2.05) is 25.9 Å². The number of nitrogens with zero attached hydrogens (tertiary/aromatic N) is 1. The van der Waals surface area contributed by atoms with Crippen LogP contribution in [0.5, 0.6) is 0 Å². The average molecular weight is 686 g/mol. The molecule has 0 saturated carbocycles. The Bertz CT molecular complexity index is 1380. The largest absolute Gasteiger partial charge is 0.458 e. The molecule has 2 heterocycles. The summed E-state index contributed by atoms with van der Waals surface area (Å²) in [6.45, 7) is 15.5. The lowest BCUT2D eigenvalue weighted by Gasteiger charge is -2.47. The molecule has 0 aromatic heterocycles. The molecule has 0 radical (unpaired) electrons. The summed E-state index contributed by atoms with van der Waals surface area (Å²) in [7, 11) is 5.23. The van der Waals surface area contributed by atoms with E-state index in [0.717, 1.165) is 0 Å². The molecule has 1 unspecified atom stereocenters. The Labute approximate surface area is 290 Å². The summed E-state index contributed by atoms with van der Waals surface area (Å²) in [5.74, 6) is -5.06. The van der Waals surface area contributed by atoms with Crippen molar-refractivity contribution in [3.05, 3.63) is 60.2 Å². The molecule has 0 bridgehead atoms. The van der Waals surface area contributed by atoms with Gasteiger partial charge in [-0.25, -0.2) is 4.79 Å². The summed E-state index contributed by atoms with van der Waals surface area (Å²) in [5, 5.41) is 11.5. The monoisotopic (exact) mass is 685 g/mol. The highest BCUT2D eigenvalue weighted by atomic mass is 16.7. The molecule has 1 saturated heterocycles. The first-order valence-electron chi connectivity index (χ1n) is 17.0. The number of carbonyl (C=O) groups excluding carboxylic acids is 4. The molecule has 11 atom stereocenters. The van der Waals surface area contributed by atoms with Gasteiger partial charge >= 0.3 is 11.9 Å². The maximum Gasteiger partial charge on any atom is 0.338 e. The van der Waals surface area contributed by atoms with Crippen LogP contribution in [-0.4, -0.2) is 103 Å². The number of ether oxygens (including phenoxy) is 5. The summed E-state index contributed by atoms with van der Waals surface area (Å²) in [5.41, 5.74) is -2.52. The third-order valence-corrected chi connectivity index (χ3v) is 10.0. The number of aliphatic hydroxyl groups is 1. The van der Waals surface area contributed by atoms with Crippen LogP contribution < -0.4 is 0 Å². The van der Waals surface area contributed by atoms with Gasteiger partial charge in [0.2, 0.25) is 0 Å². The molecule has 11 heteroatoms. The predicted octanol–water partition coefficient (Wildman–Crippen LogP) is 4.70. The Morgan fingerprint density at radius 2 is 1.76 bits per heavy atom. The van der Waals surface area contributed by atoms with Gasteiger partial charge < -0.3 is 33.7 Å². The maximum atomic E-state index is 14.2. The van der Waals surface area contributed by atoms with Crippen molar-refractivity contribution in [2.45, 2.75) is 116 Å². The number of likely N-dealkylation sites (N-methyl/N-ethyl adjacent to an activating group) is 1. The van der Waals surface area contributed by atoms with Crippen molar-refractivity contribution in [2.24, 2.45) is 17.8 Å². The third kappa shape index (κ3) is 9.12. The van der Waals surface area contributed by atoms with Crippen LogP contribution in [0.1, 0.15) is 78.1 Å². The highest BCUT2D eigenvalue weighted by molar-refractivity contribution is 6.00. The molecule has 1 aromatic carbocycles. The minimum absolute atomic E-state index is 0.103. The Morgan fingerprint density at radius 1 is 1.12 bits per heavy atom. The average Bonchev–Trinajstić information content (AvgIpc) is 3.08. The standard InChI is InChI=1S/C38H55NO10/c1-12-29-38(44,13-2)21-23(4)30(40)22(3)20-37(8,45-11)33(25(6)31(41)26(7)34(42)47-29)49-36-32(28(39(9)10)19-24(5)46-36)48-35(43)27-17-15-14-16-18-27/h13-18,21-22,24-26,28-29,32-33,36,44H,2,12,19-20H2,1,3-11H3/b23-21+/t22-,24-,25+,26-,28+,29-,32-,33-,36?,37-,38+/m1/s1. The van der Waals surface area contributed by atoms with Crippen LogP contribution in [0.3, 0.4) is 0 Å². The van der Waals surface area contributed by atoms with Crippen LogP contribution in [0.4, 0.5) is 0 Å². The summed E-state index contributed by atoms with van der Waals surface area (Å²) in [6.07, 6.45) is -1.12. The quantitative estimate of drug-likeness (QED) is 0.232. The third-order valence-electron chi connectivity index (χ3n) is 10.0. The highest BCUT2D eigenvalue weighted by Crippen LogP contribution is 2.38. The molecule has 2 aliphatic rings. The van der Waals surface area contributed by atoms with Crippen LogP contribution >= 0.6 is 0 Å². The normalized spacial score (nSPS) is 37.8. The van der Waals surface area contributed by atoms with Crippen molar-refractivity contribution in [3.63, 3.8) is 0 Å². The highest BCUT2D eigenvalue weighted by Gasteiger charge is 2.51. The minimum atomic E-state index is -1.84. The van der Waals surface area contributed by atoms with E-state index in [1.165, 1.54) is 26.2 Å². The first-order chi connectivity index (χ1) is 22.9. The van der Waals surface area contributed by atoms with Gasteiger partial charge in [0.1, 0.15) is 17.6 Å². The first-order valence-corrected chi connectivity index (χ1v) is 17.0. The molecule has 1 fully saturated rings. The molecule has 49 heavy (non-hydrogen) atoms. The fraction of sp³-hybridized carbons (Fsp3) is 0.632. The fourth-order valence-electron chi connectivity index (χ4n) is 6.98. The lowest BCUT2D eigenvalue weighted by molar-refractivity contribution is -0.294. The number of methoxy groups -OCH3 is 1. The number of cyclic esters (lactones) is 1. The summed E-state index contributed by atoms with van der Waals surface area (Å²) in [6, 6.07) is 8.29. The van der Waals surface area contributed by atoms with Gasteiger partial charge in [0.25, 0.3) is 0 Å². The SMILES string of the molecule is C=C[C@]1(O)/C=C(\C)C(=O)[C@H](C)C[C@@](C)(OC)[C@H](OC2O[C@H](C)C[C@H](N(C)C)[C@H]2OC(=O)c2ccccc2)[C@@H](C)C(=O)[C@@H](C)C(=O)O[C@@H]1CC. The Hall–Kier alpha value is -3.22. The number of ketones is 2. The maximum absolute atomic E-state index is 14.2. The van der Waals surface area contributed by atoms with Crippen molar-refractivity contribution in [1.29, 1.82) is 0 Å². The van der Waals surface area contributed by atoms with Crippen LogP contribution in [0.25, 0.3) is 0 Å². The zero-order valence-electron chi connectivity index (χ0n) is 30.6. The van der Waals surface area contributed by atoms with E-state index in [4.69, 9.17) is 23.7 Å². The molecule has 272 valence electrons. The molecule has 0 aliphatic carbocycles. The van der Waals surface area contributed by atoms with E-state index in [9.17, 15) is 24.3 Å². The van der Waals surface area contributed by atoms with Gasteiger partial charge in [-0.3, -0.25) is 14.4 Å². The number of esters is 2. The lowest BCUT2D eigenvalue weighted by atomic mass is 9.77. The molecule has 0 amide bonds. The number of Topliss-reactive ketones (excluding diaryl/α,β-unsaturated/α-hetero) is 2. The van der Waals surface area contributed by atoms with Crippen LogP contribution in [-0.2, 0) is 38.1 Å². The van der Waals surface area contributed by atoms with Crippen molar-refractivity contribution < 1.29 is 48.0 Å². The molecule has 3 rings (SSSR count). The Morgan fingerprint density at radius 3 is 2.31 bits per heavy atom. The van der Waals surface area contributed by atoms with Crippen molar-refractivity contribution in [3.8, 4) is 0 Å². The van der Waals surface area contributed by atoms with Gasteiger partial charge in [0, 0.05) is 18.9 Å². The van der Waals surface area contributed by atoms with Gasteiger partial charge in [0.15, 0.2) is 24.0 Å². The second-order valence-electron chi connectivity index (χ2n) is 14.0. The zero-order valence-corrected chi connectivity index (χ0v) is 30.6. The summed E-state index contributed by atoms with van der Waals surface area (Å²) in [4.78, 5) is 56.7. The number of hydrogen-bond acceptors (Lipinski definition) is 11. The first kappa shape index (κ1) is 40.2. The van der Waals surface area contributed by atoms with Gasteiger partial charge in [-0.05, 0) is 84.8 Å². The number of allylic oxidation sites excluding steroid dienone is 1. The number of rotatable bonds is 8. The summed E-state index contributed by atoms with van der Waals surface area (Å²) >= 11 is 0. The molecule has 1 aromatic rings. The van der Waals surface area contributed by atoms with Gasteiger partial charge in [-0.2, -0.15) is 0 Å². The van der Waals surface area contributed by atoms with Gasteiger partial charge in [-0.1, -0.05) is 51.6 Å². The van der Waals surface area contributed by atoms with Crippen LogP contribution in [0, 0.1) is 17.8 Å². The summed E-state index contributed by atoms with van der Waals surface area (Å²) < 4.78 is 31.0. The Kier molecular flexibility index (Phi) is 13.7. The van der Waals surface area contributed by atoms with E-state index in [1.54, 1.807) is 65.0 Å². The van der Waals surface area contributed by atoms with E-state index in [-0.39, 0.29) is 36.3 Å². The van der Waals surface area contributed by atoms with E-state index < -0.39 is 71.3 Å². The fourth-order valence-corrected chi connectivity index (χ4v) is 6.98. The molecular formula is C38H55NO10. The van der Waals surface area contributed by atoms with Crippen molar-refractivity contribution in [1.82, 2.24) is 4.90 Å². The number of carbonyl (C=O) groups is 4. The molecular weight excluding hydrogens is 630 g/mol. The second kappa shape index (κ2) is 16.7. The smallest absolute Gasteiger partial charge is 0.338 e. The predicted molar refractivity (Wildman–Crippen MR) is 184 cm³/mol. The molecule has 1 N–H and O–H groups in total. The second-order valence-corrected chi connectivity index (χ2v) is 14.0. The van der Waals surface area contributed by atoms with E-state index >= 15 is 0 Å². The molecule has 11 nitrogen and oxygen atoms in total.